The Bertz CT molecular complexity index is 1540. The lowest BCUT2D eigenvalue weighted by Gasteiger charge is -2.26. The Morgan fingerprint density at radius 1 is 0.725 bits per heavy atom. The molecule has 0 aliphatic heterocycles. The van der Waals surface area contributed by atoms with E-state index in [-0.39, 0.29) is 24.2 Å². The van der Waals surface area contributed by atoms with E-state index in [4.69, 9.17) is 12.8 Å². The summed E-state index contributed by atoms with van der Waals surface area (Å²) >= 11 is 0. The molecular weight excluding hydrogens is 492 g/mol. The van der Waals surface area contributed by atoms with Crippen molar-refractivity contribution in [3.05, 3.63) is 71.6 Å². The summed E-state index contributed by atoms with van der Waals surface area (Å²) in [5.41, 5.74) is 9.76. The van der Waals surface area contributed by atoms with Crippen molar-refractivity contribution >= 4 is 0 Å². The number of hydrogen-bond acceptors (Lipinski definition) is 4. The highest BCUT2D eigenvalue weighted by Gasteiger charge is 2.24. The number of nitrogens with zero attached hydrogens (tertiary/aromatic N) is 2. The maximum absolute atomic E-state index is 5.63. The van der Waals surface area contributed by atoms with Crippen LogP contribution in [0.1, 0.15) is 75.4 Å². The van der Waals surface area contributed by atoms with Gasteiger partial charge in [0, 0.05) is 5.56 Å². The van der Waals surface area contributed by atoms with E-state index in [0.29, 0.717) is 0 Å². The molecule has 0 fully saturated rings. The summed E-state index contributed by atoms with van der Waals surface area (Å²) in [7, 11) is 0. The van der Waals surface area contributed by atoms with Gasteiger partial charge in [0.2, 0.25) is 0 Å². The number of H-pyrrole nitrogens is 2. The summed E-state index contributed by atoms with van der Waals surface area (Å²) in [6, 6.07) is 13.4. The molecule has 0 spiro atoms. The van der Waals surface area contributed by atoms with Crippen LogP contribution in [0.3, 0.4) is 0 Å². The third kappa shape index (κ3) is 5.47. The van der Waals surface area contributed by atoms with Gasteiger partial charge in [-0.3, -0.25) is 10.6 Å². The second kappa shape index (κ2) is 12.0. The second-order valence-corrected chi connectivity index (χ2v) is 10.6. The van der Waals surface area contributed by atoms with E-state index < -0.39 is 0 Å². The van der Waals surface area contributed by atoms with Crippen molar-refractivity contribution in [3.63, 3.8) is 0 Å². The molecule has 2 heterocycles. The predicted molar refractivity (Wildman–Crippen MR) is 163 cm³/mol. The molecule has 6 heteroatoms. The maximum atomic E-state index is 5.63. The minimum atomic E-state index is 0.0372. The van der Waals surface area contributed by atoms with Gasteiger partial charge in [0.25, 0.3) is 0 Å². The normalized spacial score (nSPS) is 15.2. The summed E-state index contributed by atoms with van der Waals surface area (Å²) in [4.78, 5) is 16.2. The van der Waals surface area contributed by atoms with Crippen LogP contribution in [0.2, 0.25) is 0 Å². The van der Waals surface area contributed by atoms with Crippen LogP contribution in [-0.2, 0) is 12.8 Å². The molecule has 4 N–H and O–H groups in total. The van der Waals surface area contributed by atoms with E-state index in [9.17, 15) is 0 Å². The van der Waals surface area contributed by atoms with Gasteiger partial charge in [0.05, 0.1) is 47.9 Å². The molecule has 0 saturated heterocycles. The molecule has 2 aromatic heterocycles. The predicted octanol–water partition coefficient (Wildman–Crippen LogP) is 6.36. The van der Waals surface area contributed by atoms with Crippen LogP contribution in [0.5, 0.6) is 0 Å². The van der Waals surface area contributed by atoms with E-state index in [1.165, 1.54) is 27.8 Å². The summed E-state index contributed by atoms with van der Waals surface area (Å²) in [5.74, 6) is 7.38. The first-order valence-corrected chi connectivity index (χ1v) is 14.3. The summed E-state index contributed by atoms with van der Waals surface area (Å²) in [6.07, 6.45) is 19.0. The van der Waals surface area contributed by atoms with Gasteiger partial charge < -0.3 is 9.97 Å². The van der Waals surface area contributed by atoms with Crippen molar-refractivity contribution in [2.75, 3.05) is 0 Å². The van der Waals surface area contributed by atoms with Gasteiger partial charge in [-0.05, 0) is 67.3 Å². The van der Waals surface area contributed by atoms with Crippen molar-refractivity contribution < 1.29 is 0 Å². The summed E-state index contributed by atoms with van der Waals surface area (Å²) in [6.45, 7) is 8.34. The number of terminal acetylenes is 2. The molecule has 2 aromatic carbocycles. The molecular formula is C34H38N6. The number of aromatic amines is 2. The van der Waals surface area contributed by atoms with Crippen LogP contribution in [0.15, 0.2) is 48.8 Å². The van der Waals surface area contributed by atoms with Crippen molar-refractivity contribution in [1.29, 1.82) is 0 Å². The van der Waals surface area contributed by atoms with Gasteiger partial charge in [0.1, 0.15) is 11.6 Å². The van der Waals surface area contributed by atoms with Crippen molar-refractivity contribution in [1.82, 2.24) is 30.6 Å². The Morgan fingerprint density at radius 3 is 1.73 bits per heavy atom. The first-order valence-electron chi connectivity index (χ1n) is 14.3. The second-order valence-electron chi connectivity index (χ2n) is 10.6. The lowest BCUT2D eigenvalue weighted by atomic mass is 9.79. The molecule has 0 bridgehead atoms. The number of imidazole rings is 2. The minimum Gasteiger partial charge on any atom is -0.341 e. The smallest absolute Gasteiger partial charge is 0.123 e. The molecule has 4 aromatic rings. The van der Waals surface area contributed by atoms with E-state index in [0.717, 1.165) is 54.3 Å². The lowest BCUT2D eigenvalue weighted by molar-refractivity contribution is 0.496. The first-order chi connectivity index (χ1) is 19.4. The SMILES string of the molecule is C#CC(CC)NC(C)c1ncc(-c2ccc(-c3ccc(-c4cnc(C(C)NC(C#C)CC)[nH]4)c4c3CC4)cc2)[nH]1. The van der Waals surface area contributed by atoms with Gasteiger partial charge >= 0.3 is 0 Å². The van der Waals surface area contributed by atoms with Crippen LogP contribution in [0.25, 0.3) is 33.6 Å². The molecule has 6 nitrogen and oxygen atoms in total. The van der Waals surface area contributed by atoms with Crippen LogP contribution in [0.4, 0.5) is 0 Å². The highest BCUT2D eigenvalue weighted by atomic mass is 15.0. The zero-order valence-electron chi connectivity index (χ0n) is 23.8. The molecule has 4 atom stereocenters. The number of aromatic nitrogens is 4. The molecule has 40 heavy (non-hydrogen) atoms. The van der Waals surface area contributed by atoms with Gasteiger partial charge in [-0.15, -0.1) is 12.8 Å². The molecule has 0 amide bonds. The van der Waals surface area contributed by atoms with Crippen LogP contribution in [0, 0.1) is 24.7 Å². The monoisotopic (exact) mass is 530 g/mol. The number of fused-ring (bicyclic) bond motifs is 1. The number of benzene rings is 2. The van der Waals surface area contributed by atoms with E-state index in [2.05, 4.69) is 107 Å². The fourth-order valence-electron chi connectivity index (χ4n) is 5.42. The molecule has 5 rings (SSSR count). The van der Waals surface area contributed by atoms with Crippen molar-refractivity contribution in [3.8, 4) is 58.3 Å². The van der Waals surface area contributed by atoms with Crippen molar-refractivity contribution in [2.24, 2.45) is 0 Å². The molecule has 4 unspecified atom stereocenters. The van der Waals surface area contributed by atoms with E-state index >= 15 is 0 Å². The molecule has 1 aliphatic rings. The molecule has 1 aliphatic carbocycles. The average Bonchev–Trinajstić information content (AvgIpc) is 3.66. The first kappa shape index (κ1) is 27.5. The Hall–Kier alpha value is -4.10. The third-order valence-corrected chi connectivity index (χ3v) is 7.99. The number of rotatable bonds is 11. The van der Waals surface area contributed by atoms with Gasteiger partial charge in [-0.25, -0.2) is 9.97 Å². The van der Waals surface area contributed by atoms with E-state index in [1.807, 2.05) is 12.4 Å². The van der Waals surface area contributed by atoms with Crippen molar-refractivity contribution in [2.45, 2.75) is 77.5 Å². The summed E-state index contributed by atoms with van der Waals surface area (Å²) < 4.78 is 0. The highest BCUT2D eigenvalue weighted by Crippen LogP contribution is 2.40. The van der Waals surface area contributed by atoms with Gasteiger partial charge in [-0.1, -0.05) is 62.1 Å². The zero-order chi connectivity index (χ0) is 28.2. The Kier molecular flexibility index (Phi) is 8.21. The largest absolute Gasteiger partial charge is 0.341 e. The highest BCUT2D eigenvalue weighted by molar-refractivity contribution is 5.79. The maximum Gasteiger partial charge on any atom is 0.123 e. The third-order valence-electron chi connectivity index (χ3n) is 7.99. The fraction of sp³-hybridized carbons (Fsp3) is 0.353. The standard InChI is InChI=1S/C34H38N6/c1-7-25(8-2)37-21(5)33-35-19-31(39-33)24-13-11-23(12-14-24)27-15-18-30(29-17-16-28(27)29)32-20-36-34(40-32)22(6)38-26(9-3)10-4/h1,3,11-15,18-22,25-26,37-38H,8,10,16-17H2,2,4-6H3,(H,35,39)(H,36,40). The van der Waals surface area contributed by atoms with Gasteiger partial charge in [-0.2, -0.15) is 0 Å². The van der Waals surface area contributed by atoms with Gasteiger partial charge in [0.15, 0.2) is 0 Å². The molecule has 0 radical (unpaired) electrons. The minimum absolute atomic E-state index is 0.0372. The number of nitrogens with one attached hydrogen (secondary N) is 4. The molecule has 0 saturated carbocycles. The van der Waals surface area contributed by atoms with Crippen LogP contribution < -0.4 is 10.6 Å². The Balaban J connectivity index is 1.32. The molecule has 204 valence electrons. The Labute approximate surface area is 237 Å². The average molecular weight is 531 g/mol. The lowest BCUT2D eigenvalue weighted by Crippen LogP contribution is -2.30. The van der Waals surface area contributed by atoms with Crippen LogP contribution >= 0.6 is 0 Å². The summed E-state index contributed by atoms with van der Waals surface area (Å²) in [5, 5.41) is 6.89. The fourth-order valence-corrected chi connectivity index (χ4v) is 5.42. The van der Waals surface area contributed by atoms with E-state index in [1.54, 1.807) is 0 Å². The zero-order valence-corrected chi connectivity index (χ0v) is 23.8. The van der Waals surface area contributed by atoms with Crippen LogP contribution in [-0.4, -0.2) is 32.0 Å². The topological polar surface area (TPSA) is 81.4 Å². The number of hydrogen-bond donors (Lipinski definition) is 4. The quantitative estimate of drug-likeness (QED) is 0.170. The Morgan fingerprint density at radius 2 is 1.20 bits per heavy atom.